The number of hydrogen-bond acceptors (Lipinski definition) is 4. The van der Waals surface area contributed by atoms with Crippen LogP contribution in [-0.4, -0.2) is 90.0 Å². The molecule has 2 aliphatic rings. The van der Waals surface area contributed by atoms with E-state index >= 15 is 0 Å². The number of nitrogens with zero attached hydrogens (tertiary/aromatic N) is 3. The summed E-state index contributed by atoms with van der Waals surface area (Å²) >= 11 is 0. The fraction of sp³-hybridized carbons (Fsp3) is 0.667. The molecule has 1 spiro atoms. The fourth-order valence-electron chi connectivity index (χ4n) is 3.82. The van der Waals surface area contributed by atoms with Crippen molar-refractivity contribution in [2.24, 2.45) is 0 Å². The number of morpholine rings is 1. The highest BCUT2D eigenvalue weighted by molar-refractivity contribution is 5.92. The van der Waals surface area contributed by atoms with Crippen molar-refractivity contribution in [3.63, 3.8) is 0 Å². The second-order valence-corrected chi connectivity index (χ2v) is 7.30. The first-order valence-electron chi connectivity index (χ1n) is 8.94. The second-order valence-electron chi connectivity index (χ2n) is 7.30. The molecule has 0 aromatic carbocycles. The van der Waals surface area contributed by atoms with E-state index in [1.807, 2.05) is 30.0 Å². The molecule has 138 valence electrons. The molecule has 7 nitrogen and oxygen atoms in total. The minimum Gasteiger partial charge on any atom is -0.363 e. The summed E-state index contributed by atoms with van der Waals surface area (Å²) in [6.07, 6.45) is 3.28. The Hall–Kier alpha value is -1.86. The maximum absolute atomic E-state index is 12.5. The van der Waals surface area contributed by atoms with Crippen LogP contribution in [0.5, 0.6) is 0 Å². The van der Waals surface area contributed by atoms with Crippen LogP contribution in [0, 0.1) is 0 Å². The molecule has 2 saturated heterocycles. The molecule has 0 unspecified atom stereocenters. The van der Waals surface area contributed by atoms with Crippen molar-refractivity contribution >= 4 is 11.8 Å². The Morgan fingerprint density at radius 1 is 1.40 bits per heavy atom. The molecule has 0 radical (unpaired) electrons. The Bertz CT molecular complexity index is 606. The Balaban J connectivity index is 1.65. The first kappa shape index (κ1) is 17.9. The predicted molar refractivity (Wildman–Crippen MR) is 94.3 cm³/mol. The Morgan fingerprint density at radius 2 is 2.12 bits per heavy atom. The van der Waals surface area contributed by atoms with Crippen LogP contribution in [-0.2, 0) is 9.53 Å². The average Bonchev–Trinajstić information content (AvgIpc) is 3.13. The number of carbonyl (C=O) groups is 2. The maximum atomic E-state index is 12.5. The number of likely N-dealkylation sites (tertiary alicyclic amines) is 1. The number of rotatable bonds is 4. The summed E-state index contributed by atoms with van der Waals surface area (Å²) in [5.41, 5.74) is 0.281. The normalized spacial score (nSPS) is 23.5. The standard InChI is InChI=1S/C18H28N4O3/c1-14-18(25-13-16(23)22(14)12-11-20(2)3)6-9-21(10-7-18)17(24)15-5-4-8-19-15/h4-5,8,14,19H,6-7,9-13H2,1-3H3/t14-/m1/s1. The van der Waals surface area contributed by atoms with Crippen molar-refractivity contribution < 1.29 is 14.3 Å². The molecule has 1 atom stereocenters. The van der Waals surface area contributed by atoms with Crippen LogP contribution < -0.4 is 0 Å². The van der Waals surface area contributed by atoms with Gasteiger partial charge in [0.25, 0.3) is 5.91 Å². The lowest BCUT2D eigenvalue weighted by Crippen LogP contribution is -2.64. The number of amides is 2. The zero-order valence-electron chi connectivity index (χ0n) is 15.3. The molecule has 25 heavy (non-hydrogen) atoms. The minimum absolute atomic E-state index is 0.0245. The Labute approximate surface area is 148 Å². The Kier molecular flexibility index (Phi) is 5.15. The lowest BCUT2D eigenvalue weighted by atomic mass is 9.82. The fourth-order valence-corrected chi connectivity index (χ4v) is 3.82. The van der Waals surface area contributed by atoms with Crippen LogP contribution in [0.3, 0.4) is 0 Å². The lowest BCUT2D eigenvalue weighted by molar-refractivity contribution is -0.185. The van der Waals surface area contributed by atoms with Gasteiger partial charge in [-0.1, -0.05) is 0 Å². The maximum Gasteiger partial charge on any atom is 0.270 e. The average molecular weight is 348 g/mol. The third kappa shape index (κ3) is 3.57. The van der Waals surface area contributed by atoms with Gasteiger partial charge in [-0.05, 0) is 46.0 Å². The zero-order valence-corrected chi connectivity index (χ0v) is 15.3. The predicted octanol–water partition coefficient (Wildman–Crippen LogP) is 0.798. The number of aromatic nitrogens is 1. The number of nitrogens with one attached hydrogen (secondary N) is 1. The Morgan fingerprint density at radius 3 is 2.72 bits per heavy atom. The van der Waals surface area contributed by atoms with E-state index in [0.717, 1.165) is 19.4 Å². The molecule has 1 aromatic rings. The van der Waals surface area contributed by atoms with Gasteiger partial charge in [-0.15, -0.1) is 0 Å². The van der Waals surface area contributed by atoms with Crippen LogP contribution in [0.4, 0.5) is 0 Å². The van der Waals surface area contributed by atoms with Gasteiger partial charge in [0.05, 0.1) is 11.6 Å². The molecule has 2 aliphatic heterocycles. The van der Waals surface area contributed by atoms with E-state index in [-0.39, 0.29) is 30.1 Å². The molecular weight excluding hydrogens is 320 g/mol. The van der Waals surface area contributed by atoms with Crippen LogP contribution in [0.1, 0.15) is 30.3 Å². The van der Waals surface area contributed by atoms with Crippen molar-refractivity contribution in [1.82, 2.24) is 19.7 Å². The summed E-state index contributed by atoms with van der Waals surface area (Å²) in [6.45, 7) is 5.07. The molecule has 3 rings (SSSR count). The molecule has 3 heterocycles. The van der Waals surface area contributed by atoms with Gasteiger partial charge in [0, 0.05) is 32.4 Å². The number of aromatic amines is 1. The number of ether oxygens (including phenoxy) is 1. The van der Waals surface area contributed by atoms with Gasteiger partial charge in [0.1, 0.15) is 12.3 Å². The summed E-state index contributed by atoms with van der Waals surface area (Å²) in [4.78, 5) is 33.7. The van der Waals surface area contributed by atoms with Crippen molar-refractivity contribution in [2.75, 3.05) is 46.9 Å². The third-order valence-electron chi connectivity index (χ3n) is 5.55. The molecule has 1 aromatic heterocycles. The van der Waals surface area contributed by atoms with Crippen molar-refractivity contribution in [3.05, 3.63) is 24.0 Å². The number of likely N-dealkylation sites (N-methyl/N-ethyl adjacent to an activating group) is 1. The first-order valence-corrected chi connectivity index (χ1v) is 8.94. The van der Waals surface area contributed by atoms with E-state index in [1.54, 1.807) is 12.3 Å². The van der Waals surface area contributed by atoms with E-state index in [1.165, 1.54) is 0 Å². The third-order valence-corrected chi connectivity index (χ3v) is 5.55. The topological polar surface area (TPSA) is 68.9 Å². The van der Waals surface area contributed by atoms with Crippen molar-refractivity contribution in [1.29, 1.82) is 0 Å². The first-order chi connectivity index (χ1) is 11.9. The molecule has 2 amide bonds. The molecular formula is C18H28N4O3. The molecule has 0 aliphatic carbocycles. The van der Waals surface area contributed by atoms with E-state index in [0.29, 0.717) is 25.3 Å². The van der Waals surface area contributed by atoms with Gasteiger partial charge in [0.15, 0.2) is 0 Å². The summed E-state index contributed by atoms with van der Waals surface area (Å²) in [5, 5.41) is 0. The smallest absolute Gasteiger partial charge is 0.270 e. The van der Waals surface area contributed by atoms with E-state index in [4.69, 9.17) is 4.74 Å². The van der Waals surface area contributed by atoms with Gasteiger partial charge >= 0.3 is 0 Å². The summed E-state index contributed by atoms with van der Waals surface area (Å²) in [6, 6.07) is 3.66. The lowest BCUT2D eigenvalue weighted by Gasteiger charge is -2.51. The largest absolute Gasteiger partial charge is 0.363 e. The summed E-state index contributed by atoms with van der Waals surface area (Å²) < 4.78 is 6.04. The van der Waals surface area contributed by atoms with Gasteiger partial charge < -0.3 is 24.4 Å². The molecule has 0 saturated carbocycles. The van der Waals surface area contributed by atoms with E-state index in [9.17, 15) is 9.59 Å². The highest BCUT2D eigenvalue weighted by atomic mass is 16.5. The van der Waals surface area contributed by atoms with Crippen LogP contribution in [0.15, 0.2) is 18.3 Å². The number of hydrogen-bond donors (Lipinski definition) is 1. The number of piperidine rings is 1. The van der Waals surface area contributed by atoms with Gasteiger partial charge in [-0.3, -0.25) is 9.59 Å². The van der Waals surface area contributed by atoms with Gasteiger partial charge in [-0.2, -0.15) is 0 Å². The summed E-state index contributed by atoms with van der Waals surface area (Å²) in [5.74, 6) is 0.0914. The molecule has 1 N–H and O–H groups in total. The molecule has 2 fully saturated rings. The quantitative estimate of drug-likeness (QED) is 0.874. The van der Waals surface area contributed by atoms with E-state index < -0.39 is 0 Å². The SMILES string of the molecule is C[C@H]1N(CCN(C)C)C(=O)COC12CCN(C(=O)c1ccc[nH]1)CC2. The van der Waals surface area contributed by atoms with Crippen molar-refractivity contribution in [2.45, 2.75) is 31.4 Å². The molecule has 0 bridgehead atoms. The van der Waals surface area contributed by atoms with E-state index in [2.05, 4.69) is 16.8 Å². The highest BCUT2D eigenvalue weighted by Gasteiger charge is 2.48. The van der Waals surface area contributed by atoms with Gasteiger partial charge in [0.2, 0.25) is 5.91 Å². The summed E-state index contributed by atoms with van der Waals surface area (Å²) in [7, 11) is 4.02. The van der Waals surface area contributed by atoms with Crippen molar-refractivity contribution in [3.8, 4) is 0 Å². The monoisotopic (exact) mass is 348 g/mol. The van der Waals surface area contributed by atoms with Crippen LogP contribution in [0.25, 0.3) is 0 Å². The van der Waals surface area contributed by atoms with Crippen LogP contribution in [0.2, 0.25) is 0 Å². The number of H-pyrrole nitrogens is 1. The molecule has 7 heteroatoms. The van der Waals surface area contributed by atoms with Crippen LogP contribution >= 0.6 is 0 Å². The zero-order chi connectivity index (χ0) is 18.0. The second kappa shape index (κ2) is 7.17. The number of carbonyl (C=O) groups excluding carboxylic acids is 2. The highest BCUT2D eigenvalue weighted by Crippen LogP contribution is 2.35. The van der Waals surface area contributed by atoms with Gasteiger partial charge in [-0.25, -0.2) is 0 Å². The minimum atomic E-state index is -0.341.